The molecule has 1 unspecified atom stereocenters. The van der Waals surface area contributed by atoms with E-state index in [1.54, 1.807) is 0 Å². The van der Waals surface area contributed by atoms with Crippen LogP contribution in [0, 0.1) is 11.8 Å². The van der Waals surface area contributed by atoms with Gasteiger partial charge in [0, 0.05) is 25.1 Å². The first-order valence-electron chi connectivity index (χ1n) is 8.12. The first kappa shape index (κ1) is 18.2. The second kappa shape index (κ2) is 5.91. The van der Waals surface area contributed by atoms with E-state index < -0.39 is 29.5 Å². The number of fused-ring (bicyclic) bond motifs is 1. The summed E-state index contributed by atoms with van der Waals surface area (Å²) in [6, 6.07) is -0.186. The molecule has 146 valence electrons. The average Bonchev–Trinajstić information content (AvgIpc) is 2.99. The number of rotatable bonds is 4. The van der Waals surface area contributed by atoms with Gasteiger partial charge in [0.2, 0.25) is 5.95 Å². The molecule has 0 aliphatic heterocycles. The van der Waals surface area contributed by atoms with Gasteiger partial charge in [-0.1, -0.05) is 11.6 Å². The summed E-state index contributed by atoms with van der Waals surface area (Å²) in [6.45, 7) is 0. The summed E-state index contributed by atoms with van der Waals surface area (Å²) in [5.74, 6) is -4.29. The fourth-order valence-electron chi connectivity index (χ4n) is 3.60. The van der Waals surface area contributed by atoms with Gasteiger partial charge in [-0.25, -0.2) is 13.8 Å². The molecular formula is C15H14ClF5N6. The third-order valence-corrected chi connectivity index (χ3v) is 5.33. The zero-order valence-electron chi connectivity index (χ0n) is 13.9. The molecule has 2 aromatic rings. The largest absolute Gasteiger partial charge is 0.421 e. The van der Waals surface area contributed by atoms with Gasteiger partial charge in [0.05, 0.1) is 17.9 Å². The Hall–Kier alpha value is -2.17. The quantitative estimate of drug-likeness (QED) is 0.736. The summed E-state index contributed by atoms with van der Waals surface area (Å²) in [4.78, 5) is 7.45. The normalized spacial score (nSPS) is 26.0. The van der Waals surface area contributed by atoms with Crippen molar-refractivity contribution in [2.24, 2.45) is 11.8 Å². The molecule has 3 atom stereocenters. The summed E-state index contributed by atoms with van der Waals surface area (Å²) in [5.41, 5.74) is -0.714. The van der Waals surface area contributed by atoms with Gasteiger partial charge in [-0.05, 0) is 12.8 Å². The van der Waals surface area contributed by atoms with Crippen molar-refractivity contribution in [2.45, 2.75) is 31.0 Å². The van der Waals surface area contributed by atoms with E-state index in [0.29, 0.717) is 19.0 Å². The number of alkyl halides is 5. The zero-order chi connectivity index (χ0) is 19.6. The summed E-state index contributed by atoms with van der Waals surface area (Å²) >= 11 is 6.06. The van der Waals surface area contributed by atoms with Gasteiger partial charge in [0.15, 0.2) is 5.15 Å². The summed E-state index contributed by atoms with van der Waals surface area (Å²) in [7, 11) is 1.31. The van der Waals surface area contributed by atoms with Crippen LogP contribution in [0.2, 0.25) is 5.15 Å². The molecule has 2 aliphatic carbocycles. The highest BCUT2D eigenvalue weighted by atomic mass is 35.5. The maximum absolute atomic E-state index is 13.3. The van der Waals surface area contributed by atoms with Crippen molar-refractivity contribution in [3.63, 3.8) is 0 Å². The summed E-state index contributed by atoms with van der Waals surface area (Å²) in [6.07, 6.45) is -1.78. The second-order valence-corrected chi connectivity index (χ2v) is 7.01. The molecule has 2 aromatic heterocycles. The lowest BCUT2D eigenvalue weighted by Gasteiger charge is -2.14. The van der Waals surface area contributed by atoms with E-state index >= 15 is 0 Å². The molecule has 0 amide bonds. The molecule has 4 rings (SSSR count). The number of anilines is 3. The van der Waals surface area contributed by atoms with Crippen LogP contribution < -0.4 is 10.6 Å². The lowest BCUT2D eigenvalue weighted by atomic mass is 10.1. The SMILES string of the molecule is CNc1nc(Nc2cn([C@@H]3CC4[C@@H](C3)C4(F)F)nc2Cl)ncc1C(F)(F)F. The highest BCUT2D eigenvalue weighted by Gasteiger charge is 2.71. The number of halogens is 6. The van der Waals surface area contributed by atoms with Crippen LogP contribution in [-0.2, 0) is 6.18 Å². The summed E-state index contributed by atoms with van der Waals surface area (Å²) < 4.78 is 66.8. The van der Waals surface area contributed by atoms with Crippen LogP contribution in [0.15, 0.2) is 12.4 Å². The Kier molecular flexibility index (Phi) is 3.99. The minimum atomic E-state index is -4.59. The van der Waals surface area contributed by atoms with Gasteiger partial charge in [0.25, 0.3) is 5.92 Å². The summed E-state index contributed by atoms with van der Waals surface area (Å²) in [5, 5.41) is 9.26. The van der Waals surface area contributed by atoms with E-state index in [1.165, 1.54) is 17.9 Å². The van der Waals surface area contributed by atoms with Crippen molar-refractivity contribution < 1.29 is 22.0 Å². The Labute approximate surface area is 155 Å². The molecule has 0 aromatic carbocycles. The predicted molar refractivity (Wildman–Crippen MR) is 87.3 cm³/mol. The highest BCUT2D eigenvalue weighted by molar-refractivity contribution is 6.32. The van der Waals surface area contributed by atoms with Crippen molar-refractivity contribution in [3.8, 4) is 0 Å². The molecule has 0 saturated heterocycles. The van der Waals surface area contributed by atoms with Crippen LogP contribution >= 0.6 is 11.6 Å². The van der Waals surface area contributed by atoms with E-state index in [-0.39, 0.29) is 28.6 Å². The lowest BCUT2D eigenvalue weighted by molar-refractivity contribution is -0.137. The van der Waals surface area contributed by atoms with E-state index in [1.807, 2.05) is 0 Å². The molecule has 2 saturated carbocycles. The van der Waals surface area contributed by atoms with Crippen molar-refractivity contribution in [1.29, 1.82) is 0 Å². The number of nitrogens with zero attached hydrogens (tertiary/aromatic N) is 4. The Bertz CT molecular complexity index is 868. The van der Waals surface area contributed by atoms with Gasteiger partial charge in [-0.15, -0.1) is 0 Å². The Morgan fingerprint density at radius 1 is 1.26 bits per heavy atom. The van der Waals surface area contributed by atoms with Gasteiger partial charge < -0.3 is 10.6 Å². The smallest absolute Gasteiger partial charge is 0.372 e. The number of aromatic nitrogens is 4. The lowest BCUT2D eigenvalue weighted by Crippen LogP contribution is -2.13. The molecule has 12 heteroatoms. The standard InChI is InChI=1S/C15H14ClF5N6/c1-22-12-9(15(19,20)21)4-23-13(25-12)24-10-5-27(26-11(10)16)6-2-7-8(3-6)14(7,17)18/h4-8H,2-3H2,1H3,(H2,22,23,24,25)/t6-,7+,8?/m0/s1. The molecule has 2 heterocycles. The fraction of sp³-hybridized carbons (Fsp3) is 0.533. The molecule has 6 nitrogen and oxygen atoms in total. The van der Waals surface area contributed by atoms with Crippen LogP contribution in [0.3, 0.4) is 0 Å². The van der Waals surface area contributed by atoms with Crippen LogP contribution in [0.25, 0.3) is 0 Å². The highest BCUT2D eigenvalue weighted by Crippen LogP contribution is 2.66. The fourth-order valence-corrected chi connectivity index (χ4v) is 3.79. The van der Waals surface area contributed by atoms with Gasteiger partial charge >= 0.3 is 6.18 Å². The Balaban J connectivity index is 1.52. The van der Waals surface area contributed by atoms with Crippen LogP contribution in [0.5, 0.6) is 0 Å². The number of nitrogens with one attached hydrogen (secondary N) is 2. The molecule has 2 aliphatic rings. The van der Waals surface area contributed by atoms with E-state index in [4.69, 9.17) is 11.6 Å². The zero-order valence-corrected chi connectivity index (χ0v) is 14.6. The first-order valence-corrected chi connectivity index (χ1v) is 8.50. The molecular weight excluding hydrogens is 395 g/mol. The van der Waals surface area contributed by atoms with Crippen molar-refractivity contribution >= 4 is 29.1 Å². The molecule has 0 bridgehead atoms. The number of hydrogen-bond donors (Lipinski definition) is 2. The third-order valence-electron chi connectivity index (χ3n) is 5.06. The maximum atomic E-state index is 13.3. The van der Waals surface area contributed by atoms with Crippen molar-refractivity contribution in [1.82, 2.24) is 19.7 Å². The minimum Gasteiger partial charge on any atom is -0.372 e. The van der Waals surface area contributed by atoms with Crippen molar-refractivity contribution in [2.75, 3.05) is 17.7 Å². The topological polar surface area (TPSA) is 67.7 Å². The van der Waals surface area contributed by atoms with E-state index in [0.717, 1.165) is 0 Å². The van der Waals surface area contributed by atoms with Crippen LogP contribution in [-0.4, -0.2) is 32.7 Å². The predicted octanol–water partition coefficient (Wildman–Crippen LogP) is 4.35. The maximum Gasteiger partial charge on any atom is 0.421 e. The molecule has 2 N–H and O–H groups in total. The monoisotopic (exact) mass is 408 g/mol. The minimum absolute atomic E-state index is 0.0526. The van der Waals surface area contributed by atoms with Crippen LogP contribution in [0.4, 0.5) is 39.4 Å². The molecule has 2 fully saturated rings. The van der Waals surface area contributed by atoms with Gasteiger partial charge in [-0.2, -0.15) is 23.3 Å². The third kappa shape index (κ3) is 3.07. The van der Waals surface area contributed by atoms with Crippen LogP contribution in [0.1, 0.15) is 24.4 Å². The second-order valence-electron chi connectivity index (χ2n) is 6.65. The Morgan fingerprint density at radius 2 is 1.93 bits per heavy atom. The van der Waals surface area contributed by atoms with E-state index in [9.17, 15) is 22.0 Å². The Morgan fingerprint density at radius 3 is 2.52 bits per heavy atom. The molecule has 27 heavy (non-hydrogen) atoms. The van der Waals surface area contributed by atoms with Crippen molar-refractivity contribution in [3.05, 3.63) is 23.1 Å². The molecule has 0 radical (unpaired) electrons. The molecule has 0 spiro atoms. The van der Waals surface area contributed by atoms with Gasteiger partial charge in [-0.3, -0.25) is 4.68 Å². The first-order chi connectivity index (χ1) is 12.6. The van der Waals surface area contributed by atoms with Gasteiger partial charge in [0.1, 0.15) is 11.4 Å². The van der Waals surface area contributed by atoms with E-state index in [2.05, 4.69) is 25.7 Å². The number of hydrogen-bond acceptors (Lipinski definition) is 5. The average molecular weight is 409 g/mol.